The number of nitrogens with zero attached hydrogens (tertiary/aromatic N) is 2. The van der Waals surface area contributed by atoms with E-state index >= 15 is 0 Å². The second-order valence-corrected chi connectivity index (χ2v) is 25.9. The van der Waals surface area contributed by atoms with E-state index in [0.717, 1.165) is 133 Å². The van der Waals surface area contributed by atoms with Crippen molar-refractivity contribution in [1.82, 2.24) is 0 Å². The van der Waals surface area contributed by atoms with E-state index in [1.807, 2.05) is 24.3 Å². The quantitative estimate of drug-likeness (QED) is 0.134. The zero-order chi connectivity index (χ0) is 65.8. The van der Waals surface area contributed by atoms with Gasteiger partial charge in [-0.1, -0.05) is 224 Å². The molecule has 0 saturated carbocycles. The molecule has 100 heavy (non-hydrogen) atoms. The van der Waals surface area contributed by atoms with E-state index in [4.69, 9.17) is 17.7 Å². The number of rotatable bonds is 9. The highest BCUT2D eigenvalue weighted by molar-refractivity contribution is 6.18. The van der Waals surface area contributed by atoms with Gasteiger partial charge in [0.25, 0.3) is 0 Å². The van der Waals surface area contributed by atoms with Gasteiger partial charge in [0.15, 0.2) is 0 Å². The van der Waals surface area contributed by atoms with Gasteiger partial charge in [-0.25, -0.2) is 0 Å². The summed E-state index contributed by atoms with van der Waals surface area (Å²) in [6.07, 6.45) is 0. The highest BCUT2D eigenvalue weighted by Gasteiger charge is 2.24. The van der Waals surface area contributed by atoms with Crippen LogP contribution in [0.3, 0.4) is 0 Å². The molecule has 0 atom stereocenters. The minimum atomic E-state index is 0.844. The first-order chi connectivity index (χ1) is 49.5. The Morgan fingerprint density at radius 3 is 0.850 bits per heavy atom. The first-order valence-corrected chi connectivity index (χ1v) is 33.9. The highest BCUT2D eigenvalue weighted by Crippen LogP contribution is 2.48. The van der Waals surface area contributed by atoms with Gasteiger partial charge >= 0.3 is 0 Å². The Balaban J connectivity index is 0.000000136. The van der Waals surface area contributed by atoms with Crippen molar-refractivity contribution in [3.63, 3.8) is 0 Å². The molecule has 0 amide bonds. The maximum atomic E-state index is 6.65. The summed E-state index contributed by atoms with van der Waals surface area (Å²) in [6.45, 7) is 0. The second kappa shape index (κ2) is 23.2. The number of hydrogen-bond donors (Lipinski definition) is 0. The van der Waals surface area contributed by atoms with Gasteiger partial charge < -0.3 is 27.5 Å². The molecule has 21 rings (SSSR count). The lowest BCUT2D eigenvalue weighted by atomic mass is 9.98. The maximum absolute atomic E-state index is 6.65. The van der Waals surface area contributed by atoms with Gasteiger partial charge in [-0.2, -0.15) is 0 Å². The van der Waals surface area contributed by atoms with E-state index < -0.39 is 0 Å². The van der Waals surface area contributed by atoms with Crippen LogP contribution >= 0.6 is 0 Å². The molecule has 6 heteroatoms. The molecule has 0 fully saturated rings. The van der Waals surface area contributed by atoms with E-state index in [2.05, 4.69) is 337 Å². The summed E-state index contributed by atoms with van der Waals surface area (Å²) < 4.78 is 26.2. The Bertz CT molecular complexity index is 6790. The van der Waals surface area contributed by atoms with Crippen LogP contribution in [-0.2, 0) is 0 Å². The minimum Gasteiger partial charge on any atom is -0.456 e. The van der Waals surface area contributed by atoms with Crippen LogP contribution in [0.1, 0.15) is 0 Å². The number of benzene rings is 17. The Labute approximate surface area is 574 Å². The number of hydrogen-bond acceptors (Lipinski definition) is 6. The Morgan fingerprint density at radius 1 is 0.150 bits per heavy atom. The molecule has 0 radical (unpaired) electrons. The Hall–Kier alpha value is -13.4. The van der Waals surface area contributed by atoms with Crippen LogP contribution in [0.2, 0.25) is 0 Å². The molecule has 6 nitrogen and oxygen atoms in total. The molecular formula is C94H58N2O4. The Kier molecular flexibility index (Phi) is 13.2. The number of anilines is 6. The molecule has 0 N–H and O–H groups in total. The minimum absolute atomic E-state index is 0.844. The standard InChI is InChI=1S/C50H31NO2.C44H27NO2/c1-3-11-32(12-4-1)34-20-26-47-45(27-34)44-25-22-38(31-50(44)52-47)51(46-28-36-15-7-8-16-39(36)40-17-9-10-18-41(40)46)37-21-24-43-42-23-19-35(33-13-5-2-6-14-33)29-48(42)53-49(43)30-37;1-2-10-28(11-3-1)29-18-21-37-39-23-20-32(27-44(39)47-42(37)25-29)45(31-19-22-38-36-16-8-9-17-41(36)46-43(38)26-31)40-24-30-12-4-5-13-33(30)34-14-6-7-15-35(34)40/h1-31H;1-27H. The monoisotopic (exact) mass is 1280 g/mol. The lowest BCUT2D eigenvalue weighted by Crippen LogP contribution is -2.10. The molecule has 0 unspecified atom stereocenters. The first kappa shape index (κ1) is 56.9. The van der Waals surface area contributed by atoms with Crippen molar-refractivity contribution in [2.45, 2.75) is 0 Å². The zero-order valence-corrected chi connectivity index (χ0v) is 54.0. The normalized spacial score (nSPS) is 11.8. The van der Waals surface area contributed by atoms with Gasteiger partial charge in [-0.3, -0.25) is 0 Å². The van der Waals surface area contributed by atoms with Crippen molar-refractivity contribution < 1.29 is 17.7 Å². The molecule has 0 spiro atoms. The van der Waals surface area contributed by atoms with Crippen LogP contribution in [0.25, 0.3) is 164 Å². The molecule has 0 aliphatic heterocycles. The second-order valence-electron chi connectivity index (χ2n) is 25.9. The summed E-state index contributed by atoms with van der Waals surface area (Å²) in [4.78, 5) is 4.68. The third kappa shape index (κ3) is 9.56. The fourth-order valence-electron chi connectivity index (χ4n) is 15.3. The lowest BCUT2D eigenvalue weighted by molar-refractivity contribution is 0.668. The summed E-state index contributed by atoms with van der Waals surface area (Å²) in [5.74, 6) is 0. The van der Waals surface area contributed by atoms with Crippen molar-refractivity contribution in [3.8, 4) is 33.4 Å². The van der Waals surface area contributed by atoms with Crippen molar-refractivity contribution in [2.24, 2.45) is 0 Å². The predicted molar refractivity (Wildman–Crippen MR) is 418 cm³/mol. The van der Waals surface area contributed by atoms with Gasteiger partial charge in [-0.05, 0) is 169 Å². The van der Waals surface area contributed by atoms with Gasteiger partial charge in [0.2, 0.25) is 0 Å². The first-order valence-electron chi connectivity index (χ1n) is 33.9. The third-order valence-electron chi connectivity index (χ3n) is 20.1. The molecule has 4 heterocycles. The van der Waals surface area contributed by atoms with E-state index in [0.29, 0.717) is 0 Å². The van der Waals surface area contributed by atoms with Crippen molar-refractivity contribution in [1.29, 1.82) is 0 Å². The van der Waals surface area contributed by atoms with Crippen molar-refractivity contribution >= 4 is 165 Å². The molecule has 0 bridgehead atoms. The summed E-state index contributed by atoms with van der Waals surface area (Å²) in [6, 6.07) is 125. The molecule has 0 saturated heterocycles. The smallest absolute Gasteiger partial charge is 0.137 e. The maximum Gasteiger partial charge on any atom is 0.137 e. The van der Waals surface area contributed by atoms with Crippen LogP contribution in [0.4, 0.5) is 34.1 Å². The zero-order valence-electron chi connectivity index (χ0n) is 54.0. The Morgan fingerprint density at radius 2 is 0.430 bits per heavy atom. The largest absolute Gasteiger partial charge is 0.456 e. The van der Waals surface area contributed by atoms with Gasteiger partial charge in [0.1, 0.15) is 44.7 Å². The molecule has 17 aromatic carbocycles. The summed E-state index contributed by atoms with van der Waals surface area (Å²) in [5, 5.41) is 18.4. The fraction of sp³-hybridized carbons (Fsp3) is 0. The number of para-hydroxylation sites is 1. The van der Waals surface area contributed by atoms with Crippen LogP contribution in [0.5, 0.6) is 0 Å². The topological polar surface area (TPSA) is 59.0 Å². The van der Waals surface area contributed by atoms with Gasteiger partial charge in [0.05, 0.1) is 11.4 Å². The van der Waals surface area contributed by atoms with Crippen molar-refractivity contribution in [2.75, 3.05) is 9.80 Å². The molecule has 21 aromatic rings. The number of furan rings is 4. The van der Waals surface area contributed by atoms with E-state index in [1.54, 1.807) is 0 Å². The average molecular weight is 1280 g/mol. The summed E-state index contributed by atoms with van der Waals surface area (Å²) in [5.41, 5.74) is 20.1. The van der Waals surface area contributed by atoms with Crippen molar-refractivity contribution in [3.05, 3.63) is 352 Å². The SMILES string of the molecule is c1ccc(-c2ccc3c(c2)oc2cc(N(c4ccc5c(c4)oc4ccc(-c6ccccc6)cc45)c4cc5ccccc5c5ccccc45)ccc23)cc1.c1ccc(-c2ccc3c(c2)oc2cc(N(c4ccc5c(c4)oc4ccccc45)c4cc5ccccc5c5ccccc45)ccc23)cc1. The van der Waals surface area contributed by atoms with Gasteiger partial charge in [0, 0.05) is 101 Å². The predicted octanol–water partition coefficient (Wildman–Crippen LogP) is 27.5. The summed E-state index contributed by atoms with van der Waals surface area (Å²) >= 11 is 0. The van der Waals surface area contributed by atoms with Gasteiger partial charge in [-0.15, -0.1) is 0 Å². The van der Waals surface area contributed by atoms with Crippen LogP contribution in [0, 0.1) is 0 Å². The molecule has 4 aromatic heterocycles. The summed E-state index contributed by atoms with van der Waals surface area (Å²) in [7, 11) is 0. The fourth-order valence-corrected chi connectivity index (χ4v) is 15.3. The van der Waals surface area contributed by atoms with Crippen LogP contribution < -0.4 is 9.80 Å². The molecule has 0 aliphatic rings. The van der Waals surface area contributed by atoms with E-state index in [-0.39, 0.29) is 0 Å². The highest BCUT2D eigenvalue weighted by atomic mass is 16.3. The number of fused-ring (bicyclic) bond motifs is 18. The average Bonchev–Trinajstić information content (AvgIpc) is 1.41. The molecule has 468 valence electrons. The van der Waals surface area contributed by atoms with E-state index in [1.165, 1.54) is 65.3 Å². The van der Waals surface area contributed by atoms with E-state index in [9.17, 15) is 0 Å². The third-order valence-corrected chi connectivity index (χ3v) is 20.1. The lowest BCUT2D eigenvalue weighted by Gasteiger charge is -2.27. The molecule has 0 aliphatic carbocycles. The van der Waals surface area contributed by atoms with Crippen LogP contribution in [0.15, 0.2) is 370 Å². The molecular weight excluding hydrogens is 1220 g/mol. The van der Waals surface area contributed by atoms with Crippen LogP contribution in [-0.4, -0.2) is 0 Å².